The van der Waals surface area contributed by atoms with E-state index in [0.717, 1.165) is 0 Å². The van der Waals surface area contributed by atoms with E-state index in [-0.39, 0.29) is 18.0 Å². The normalized spacial score (nSPS) is 11.4. The summed E-state index contributed by atoms with van der Waals surface area (Å²) in [6.45, 7) is 2.13. The van der Waals surface area contributed by atoms with Gasteiger partial charge in [-0.1, -0.05) is 6.07 Å². The molecule has 0 amide bonds. The molecule has 1 aromatic carbocycles. The highest BCUT2D eigenvalue weighted by atomic mass is 32.2. The molecule has 0 aliphatic rings. The summed E-state index contributed by atoms with van der Waals surface area (Å²) >= 11 is 0. The Bertz CT molecular complexity index is 445. The molecule has 90 valence electrons. The van der Waals surface area contributed by atoms with Crippen molar-refractivity contribution in [2.45, 2.75) is 6.92 Å². The number of nitrogens with zero attached hydrogens (tertiary/aromatic N) is 1. The first-order chi connectivity index (χ1) is 7.51. The fraction of sp³-hybridized carbons (Fsp3) is 0.400. The number of nitrogens with two attached hydrogens (primary N) is 1. The zero-order valence-corrected chi connectivity index (χ0v) is 9.94. The summed E-state index contributed by atoms with van der Waals surface area (Å²) < 4.78 is 24.9. The van der Waals surface area contributed by atoms with E-state index in [0.29, 0.717) is 12.2 Å². The van der Waals surface area contributed by atoms with Crippen LogP contribution in [0.3, 0.4) is 0 Å². The lowest BCUT2D eigenvalue weighted by Gasteiger charge is -2.22. The van der Waals surface area contributed by atoms with Gasteiger partial charge in [-0.2, -0.15) is 0 Å². The molecule has 6 heteroatoms. The largest absolute Gasteiger partial charge is 0.508 e. The van der Waals surface area contributed by atoms with Crippen molar-refractivity contribution >= 4 is 15.7 Å². The minimum atomic E-state index is -3.40. The fourth-order valence-electron chi connectivity index (χ4n) is 1.45. The molecule has 3 N–H and O–H groups in total. The van der Waals surface area contributed by atoms with E-state index in [2.05, 4.69) is 0 Å². The highest BCUT2D eigenvalue weighted by Crippen LogP contribution is 2.22. The minimum Gasteiger partial charge on any atom is -0.508 e. The molecular weight excluding hydrogens is 228 g/mol. The summed E-state index contributed by atoms with van der Waals surface area (Å²) in [6, 6.07) is 6.15. The lowest BCUT2D eigenvalue weighted by Crippen LogP contribution is -2.35. The first-order valence-electron chi connectivity index (χ1n) is 5.00. The number of phenolic OH excluding ortho intramolecular Hbond substituents is 1. The minimum absolute atomic E-state index is 0.0406. The van der Waals surface area contributed by atoms with Crippen LogP contribution in [-0.2, 0) is 10.0 Å². The van der Waals surface area contributed by atoms with Crippen LogP contribution in [0.4, 0.5) is 5.69 Å². The molecule has 5 nitrogen and oxygen atoms in total. The molecule has 0 heterocycles. The Morgan fingerprint density at radius 3 is 2.62 bits per heavy atom. The van der Waals surface area contributed by atoms with Crippen molar-refractivity contribution in [3.63, 3.8) is 0 Å². The molecule has 0 spiro atoms. The van der Waals surface area contributed by atoms with Crippen LogP contribution in [0, 0.1) is 0 Å². The predicted molar refractivity (Wildman–Crippen MR) is 64.0 cm³/mol. The fourth-order valence-corrected chi connectivity index (χ4v) is 2.79. The van der Waals surface area contributed by atoms with Crippen LogP contribution >= 0.6 is 0 Å². The third-order valence-corrected chi connectivity index (χ3v) is 4.01. The van der Waals surface area contributed by atoms with Crippen LogP contribution in [0.2, 0.25) is 0 Å². The summed E-state index contributed by atoms with van der Waals surface area (Å²) in [7, 11) is -3.40. The standard InChI is InChI=1S/C10H16N2O3S/c1-2-12(16(14,15)7-6-11)9-4-3-5-10(13)8-9/h3-5,8,13H,2,6-7,11H2,1H3. The van der Waals surface area contributed by atoms with Gasteiger partial charge < -0.3 is 10.8 Å². The van der Waals surface area contributed by atoms with Crippen molar-refractivity contribution in [1.29, 1.82) is 0 Å². The van der Waals surface area contributed by atoms with E-state index < -0.39 is 10.0 Å². The Kier molecular flexibility index (Phi) is 4.14. The molecule has 0 aromatic heterocycles. The van der Waals surface area contributed by atoms with Crippen LogP contribution in [-0.4, -0.2) is 32.4 Å². The molecule has 0 saturated heterocycles. The first-order valence-corrected chi connectivity index (χ1v) is 6.61. The molecule has 1 rings (SSSR count). The Labute approximate surface area is 95.5 Å². The number of aromatic hydroxyl groups is 1. The molecule has 0 bridgehead atoms. The van der Waals surface area contributed by atoms with Crippen molar-refractivity contribution in [2.75, 3.05) is 23.1 Å². The van der Waals surface area contributed by atoms with Gasteiger partial charge in [-0.25, -0.2) is 8.42 Å². The Balaban J connectivity index is 3.08. The molecular formula is C10H16N2O3S. The molecule has 0 saturated carbocycles. The van der Waals surface area contributed by atoms with Crippen molar-refractivity contribution in [2.24, 2.45) is 5.73 Å². The van der Waals surface area contributed by atoms with Crippen LogP contribution in [0.15, 0.2) is 24.3 Å². The molecule has 16 heavy (non-hydrogen) atoms. The second kappa shape index (κ2) is 5.18. The van der Waals surface area contributed by atoms with Gasteiger partial charge in [0.15, 0.2) is 0 Å². The Hall–Kier alpha value is -1.27. The van der Waals surface area contributed by atoms with Gasteiger partial charge in [-0.05, 0) is 19.1 Å². The number of sulfonamides is 1. The van der Waals surface area contributed by atoms with Gasteiger partial charge in [-0.3, -0.25) is 4.31 Å². The average Bonchev–Trinajstić information content (AvgIpc) is 2.18. The number of anilines is 1. The van der Waals surface area contributed by atoms with E-state index in [9.17, 15) is 13.5 Å². The Morgan fingerprint density at radius 2 is 2.12 bits per heavy atom. The maximum absolute atomic E-state index is 11.8. The zero-order valence-electron chi connectivity index (χ0n) is 9.13. The maximum Gasteiger partial charge on any atom is 0.236 e. The second-order valence-corrected chi connectivity index (χ2v) is 5.30. The van der Waals surface area contributed by atoms with Crippen molar-refractivity contribution in [3.8, 4) is 5.75 Å². The van der Waals surface area contributed by atoms with Gasteiger partial charge in [0.2, 0.25) is 10.0 Å². The molecule has 0 aliphatic heterocycles. The summed E-state index contributed by atoms with van der Waals surface area (Å²) in [5.74, 6) is -0.0601. The monoisotopic (exact) mass is 244 g/mol. The topological polar surface area (TPSA) is 83.6 Å². The van der Waals surface area contributed by atoms with Gasteiger partial charge in [0.05, 0.1) is 11.4 Å². The SMILES string of the molecule is CCN(c1cccc(O)c1)S(=O)(=O)CCN. The van der Waals surface area contributed by atoms with Crippen LogP contribution in [0.1, 0.15) is 6.92 Å². The molecule has 0 fully saturated rings. The smallest absolute Gasteiger partial charge is 0.236 e. The number of phenols is 1. The quantitative estimate of drug-likeness (QED) is 0.790. The molecule has 0 unspecified atom stereocenters. The van der Waals surface area contributed by atoms with Gasteiger partial charge in [0, 0.05) is 19.2 Å². The molecule has 1 aromatic rings. The molecule has 0 aliphatic carbocycles. The maximum atomic E-state index is 11.8. The summed E-state index contributed by atoms with van der Waals surface area (Å²) in [4.78, 5) is 0. The second-order valence-electron chi connectivity index (χ2n) is 3.29. The number of rotatable bonds is 5. The zero-order chi connectivity index (χ0) is 12.2. The van der Waals surface area contributed by atoms with Crippen LogP contribution in [0.5, 0.6) is 5.75 Å². The predicted octanol–water partition coefficient (Wildman–Crippen LogP) is 0.507. The number of benzene rings is 1. The van der Waals surface area contributed by atoms with Crippen LogP contribution < -0.4 is 10.0 Å². The van der Waals surface area contributed by atoms with E-state index in [1.165, 1.54) is 16.4 Å². The molecule has 0 radical (unpaired) electrons. The van der Waals surface area contributed by atoms with Crippen molar-refractivity contribution in [1.82, 2.24) is 0 Å². The summed E-state index contributed by atoms with van der Waals surface area (Å²) in [6.07, 6.45) is 0. The van der Waals surface area contributed by atoms with Crippen molar-refractivity contribution in [3.05, 3.63) is 24.3 Å². The summed E-state index contributed by atoms with van der Waals surface area (Å²) in [5, 5.41) is 9.31. The lowest BCUT2D eigenvalue weighted by atomic mass is 10.3. The van der Waals surface area contributed by atoms with E-state index in [1.54, 1.807) is 19.1 Å². The van der Waals surface area contributed by atoms with Crippen LogP contribution in [0.25, 0.3) is 0 Å². The lowest BCUT2D eigenvalue weighted by molar-refractivity contribution is 0.475. The average molecular weight is 244 g/mol. The van der Waals surface area contributed by atoms with Gasteiger partial charge in [0.1, 0.15) is 5.75 Å². The highest BCUT2D eigenvalue weighted by Gasteiger charge is 2.19. The van der Waals surface area contributed by atoms with E-state index in [4.69, 9.17) is 5.73 Å². The van der Waals surface area contributed by atoms with Gasteiger partial charge >= 0.3 is 0 Å². The van der Waals surface area contributed by atoms with Gasteiger partial charge in [0.25, 0.3) is 0 Å². The van der Waals surface area contributed by atoms with E-state index >= 15 is 0 Å². The van der Waals surface area contributed by atoms with Crippen molar-refractivity contribution < 1.29 is 13.5 Å². The first kappa shape index (κ1) is 12.8. The third-order valence-electron chi connectivity index (χ3n) is 2.12. The van der Waals surface area contributed by atoms with E-state index in [1.807, 2.05) is 0 Å². The third kappa shape index (κ3) is 2.86. The number of hydrogen-bond acceptors (Lipinski definition) is 4. The Morgan fingerprint density at radius 1 is 1.44 bits per heavy atom. The number of hydrogen-bond donors (Lipinski definition) is 2. The molecule has 0 atom stereocenters. The van der Waals surface area contributed by atoms with Gasteiger partial charge in [-0.15, -0.1) is 0 Å². The summed E-state index contributed by atoms with van der Waals surface area (Å²) in [5.41, 5.74) is 5.71. The highest BCUT2D eigenvalue weighted by molar-refractivity contribution is 7.92.